The summed E-state index contributed by atoms with van der Waals surface area (Å²) in [4.78, 5) is 42.4. The smallest absolute Gasteiger partial charge is 0.248 e. The van der Waals surface area contributed by atoms with Gasteiger partial charge in [0.05, 0.1) is 39.9 Å². The molecular weight excluding hydrogens is 462 g/mol. The summed E-state index contributed by atoms with van der Waals surface area (Å²) < 4.78 is -0.691. The van der Waals surface area contributed by atoms with E-state index in [4.69, 9.17) is 11.6 Å². The Morgan fingerprint density at radius 3 is 2.67 bits per heavy atom. The van der Waals surface area contributed by atoms with E-state index in [0.29, 0.717) is 23.7 Å². The zero-order valence-electron chi connectivity index (χ0n) is 19.2. The number of anilines is 1. The topological polar surface area (TPSA) is 98.7 Å². The molecule has 2 bridgehead atoms. The number of likely N-dealkylation sites (tertiary alicyclic amines) is 1. The second kappa shape index (κ2) is 9.47. The van der Waals surface area contributed by atoms with Gasteiger partial charge in [-0.25, -0.2) is 0 Å². The van der Waals surface area contributed by atoms with Crippen molar-refractivity contribution >= 4 is 46.8 Å². The van der Waals surface area contributed by atoms with Gasteiger partial charge in [0, 0.05) is 11.8 Å². The fourth-order valence-electron chi connectivity index (χ4n) is 5.80. The average molecular weight is 494 g/mol. The number of amides is 3. The van der Waals surface area contributed by atoms with Crippen molar-refractivity contribution < 1.29 is 19.5 Å². The number of carbonyl (C=O) groups is 3. The van der Waals surface area contributed by atoms with Gasteiger partial charge in [0.15, 0.2) is 0 Å². The highest BCUT2D eigenvalue weighted by Gasteiger charge is 2.74. The molecule has 7 nitrogen and oxygen atoms in total. The maximum Gasteiger partial charge on any atom is 0.248 e. The molecule has 1 spiro atoms. The minimum Gasteiger partial charge on any atom is -0.394 e. The summed E-state index contributed by atoms with van der Waals surface area (Å²) in [6.45, 7) is 6.16. The molecule has 2 unspecified atom stereocenters. The van der Waals surface area contributed by atoms with Crippen LogP contribution in [0.5, 0.6) is 0 Å². The molecular formula is C24H32ClN3O4S. The van der Waals surface area contributed by atoms with E-state index < -0.39 is 28.7 Å². The Bertz CT molecular complexity index is 944. The number of rotatable bonds is 8. The number of carbonyl (C=O) groups excluding carboxylic acids is 3. The lowest BCUT2D eigenvalue weighted by atomic mass is 9.70. The summed E-state index contributed by atoms with van der Waals surface area (Å²) in [6.07, 6.45) is 2.28. The van der Waals surface area contributed by atoms with Crippen LogP contribution < -0.4 is 10.6 Å². The Labute approximate surface area is 204 Å². The third-order valence-corrected chi connectivity index (χ3v) is 9.57. The Morgan fingerprint density at radius 1 is 1.30 bits per heavy atom. The number of para-hydroxylation sites is 1. The van der Waals surface area contributed by atoms with Crippen molar-refractivity contribution in [2.45, 2.75) is 62.1 Å². The normalized spacial score (nSPS) is 31.1. The van der Waals surface area contributed by atoms with E-state index >= 15 is 0 Å². The van der Waals surface area contributed by atoms with Gasteiger partial charge < -0.3 is 20.6 Å². The molecule has 3 N–H and O–H groups in total. The number of halogens is 1. The molecule has 1 aromatic carbocycles. The molecule has 4 rings (SSSR count). The zero-order chi connectivity index (χ0) is 23.9. The summed E-state index contributed by atoms with van der Waals surface area (Å²) in [5.74, 6) is -1.72. The second-order valence-electron chi connectivity index (χ2n) is 9.56. The SMILES string of the molecule is CCCNC(=O)[C@@H]1[C@@H]2CCC3(S2)C(C(=O)Nc2ccccc2Cl)N([C@@H](CO)C(C)C)C(=O)[C@H]13. The number of aliphatic hydroxyl groups excluding tert-OH is 1. The molecule has 0 saturated carbocycles. The van der Waals surface area contributed by atoms with E-state index in [-0.39, 0.29) is 35.5 Å². The monoisotopic (exact) mass is 493 g/mol. The van der Waals surface area contributed by atoms with Gasteiger partial charge in [0.2, 0.25) is 17.7 Å². The Morgan fingerprint density at radius 2 is 2.03 bits per heavy atom. The summed E-state index contributed by atoms with van der Waals surface area (Å²) in [5, 5.41) is 16.5. The molecule has 3 aliphatic rings. The van der Waals surface area contributed by atoms with Crippen molar-refractivity contribution in [3.05, 3.63) is 29.3 Å². The number of nitrogens with one attached hydrogen (secondary N) is 2. The highest BCUT2D eigenvalue weighted by Crippen LogP contribution is 2.66. The predicted molar refractivity (Wildman–Crippen MR) is 130 cm³/mol. The molecule has 6 atom stereocenters. The zero-order valence-corrected chi connectivity index (χ0v) is 20.8. The maximum absolute atomic E-state index is 13.9. The standard InChI is InChI=1S/C24H32ClN3O4S/c1-4-11-26-21(30)18-17-9-10-24(33-17)19(18)23(32)28(16(12-29)13(2)3)20(24)22(31)27-15-8-6-5-7-14(15)25/h5-8,13,16-20,29H,4,9-12H2,1-3H3,(H,26,30)(H,27,31)/t16-,17-,18+,19-,20?,24?/m0/s1. The minimum absolute atomic E-state index is 0.0141. The van der Waals surface area contributed by atoms with Crippen molar-refractivity contribution in [3.63, 3.8) is 0 Å². The molecule has 9 heteroatoms. The number of benzene rings is 1. The number of hydrogen-bond acceptors (Lipinski definition) is 5. The highest BCUT2D eigenvalue weighted by atomic mass is 35.5. The van der Waals surface area contributed by atoms with E-state index in [2.05, 4.69) is 10.6 Å². The first kappa shape index (κ1) is 24.4. The van der Waals surface area contributed by atoms with Gasteiger partial charge in [0.1, 0.15) is 6.04 Å². The molecule has 1 aromatic rings. The van der Waals surface area contributed by atoms with Crippen molar-refractivity contribution in [1.29, 1.82) is 0 Å². The highest BCUT2D eigenvalue weighted by molar-refractivity contribution is 8.02. The summed E-state index contributed by atoms with van der Waals surface area (Å²) in [6, 6.07) is 5.69. The van der Waals surface area contributed by atoms with Gasteiger partial charge in [-0.15, -0.1) is 11.8 Å². The van der Waals surface area contributed by atoms with Crippen molar-refractivity contribution in [2.75, 3.05) is 18.5 Å². The maximum atomic E-state index is 13.9. The Kier molecular flexibility index (Phi) is 6.99. The lowest BCUT2D eigenvalue weighted by Crippen LogP contribution is -2.56. The third-order valence-electron chi connectivity index (χ3n) is 7.28. The van der Waals surface area contributed by atoms with Crippen LogP contribution in [0.3, 0.4) is 0 Å². The fourth-order valence-corrected chi connectivity index (χ4v) is 8.19. The van der Waals surface area contributed by atoms with Crippen LogP contribution in [0.25, 0.3) is 0 Å². The van der Waals surface area contributed by atoms with Crippen LogP contribution in [0.2, 0.25) is 5.02 Å². The van der Waals surface area contributed by atoms with Crippen molar-refractivity contribution in [2.24, 2.45) is 17.8 Å². The summed E-state index contributed by atoms with van der Waals surface area (Å²) in [5.41, 5.74) is 0.483. The first-order valence-corrected chi connectivity index (χ1v) is 13.0. The van der Waals surface area contributed by atoms with Gasteiger partial charge in [-0.05, 0) is 37.3 Å². The van der Waals surface area contributed by atoms with Crippen LogP contribution in [0.1, 0.15) is 40.0 Å². The van der Waals surface area contributed by atoms with Crippen LogP contribution in [0.4, 0.5) is 5.69 Å². The molecule has 180 valence electrons. The second-order valence-corrected chi connectivity index (χ2v) is 11.6. The summed E-state index contributed by atoms with van der Waals surface area (Å²) in [7, 11) is 0. The quantitative estimate of drug-likeness (QED) is 0.517. The number of thioether (sulfide) groups is 1. The number of hydrogen-bond donors (Lipinski definition) is 3. The predicted octanol–water partition coefficient (Wildman–Crippen LogP) is 2.91. The fraction of sp³-hybridized carbons (Fsp3) is 0.625. The molecule has 3 saturated heterocycles. The van der Waals surface area contributed by atoms with Gasteiger partial charge in [-0.2, -0.15) is 0 Å². The van der Waals surface area contributed by atoms with Gasteiger partial charge in [-0.1, -0.05) is 44.5 Å². The van der Waals surface area contributed by atoms with Crippen LogP contribution in [-0.4, -0.2) is 63.0 Å². The van der Waals surface area contributed by atoms with E-state index in [0.717, 1.165) is 12.8 Å². The Balaban J connectivity index is 1.74. The molecule has 33 heavy (non-hydrogen) atoms. The largest absolute Gasteiger partial charge is 0.394 e. The van der Waals surface area contributed by atoms with E-state index in [1.165, 1.54) is 0 Å². The third kappa shape index (κ3) is 3.94. The molecule has 0 radical (unpaired) electrons. The van der Waals surface area contributed by atoms with Crippen LogP contribution in [0, 0.1) is 17.8 Å². The molecule has 0 aliphatic carbocycles. The lowest BCUT2D eigenvalue weighted by Gasteiger charge is -2.38. The number of fused-ring (bicyclic) bond motifs is 1. The molecule has 3 aliphatic heterocycles. The van der Waals surface area contributed by atoms with Crippen molar-refractivity contribution in [1.82, 2.24) is 10.2 Å². The van der Waals surface area contributed by atoms with E-state index in [1.54, 1.807) is 40.9 Å². The van der Waals surface area contributed by atoms with Gasteiger partial charge in [-0.3, -0.25) is 14.4 Å². The van der Waals surface area contributed by atoms with Crippen LogP contribution in [0.15, 0.2) is 24.3 Å². The minimum atomic E-state index is -0.787. The molecule has 3 heterocycles. The van der Waals surface area contributed by atoms with Gasteiger partial charge in [0.25, 0.3) is 0 Å². The van der Waals surface area contributed by atoms with E-state index in [1.807, 2.05) is 20.8 Å². The average Bonchev–Trinajstić information content (AvgIpc) is 3.42. The van der Waals surface area contributed by atoms with Crippen LogP contribution in [-0.2, 0) is 14.4 Å². The van der Waals surface area contributed by atoms with Crippen LogP contribution >= 0.6 is 23.4 Å². The lowest BCUT2D eigenvalue weighted by molar-refractivity contribution is -0.142. The van der Waals surface area contributed by atoms with Gasteiger partial charge >= 0.3 is 0 Å². The molecule has 0 aromatic heterocycles. The first-order chi connectivity index (χ1) is 15.8. The van der Waals surface area contributed by atoms with Crippen molar-refractivity contribution in [3.8, 4) is 0 Å². The Hall–Kier alpha value is -1.77. The number of nitrogens with zero attached hydrogens (tertiary/aromatic N) is 1. The summed E-state index contributed by atoms with van der Waals surface area (Å²) >= 11 is 7.91. The number of aliphatic hydroxyl groups is 1. The molecule has 3 amide bonds. The van der Waals surface area contributed by atoms with E-state index in [9.17, 15) is 19.5 Å². The first-order valence-electron chi connectivity index (χ1n) is 11.7. The molecule has 3 fully saturated rings.